The van der Waals surface area contributed by atoms with Gasteiger partial charge >= 0.3 is 0 Å². The summed E-state index contributed by atoms with van der Waals surface area (Å²) < 4.78 is 18.0. The van der Waals surface area contributed by atoms with Gasteiger partial charge in [0.15, 0.2) is 0 Å². The van der Waals surface area contributed by atoms with Gasteiger partial charge in [-0.15, -0.1) is 0 Å². The summed E-state index contributed by atoms with van der Waals surface area (Å²) >= 11 is 0. The molecule has 0 aromatic heterocycles. The van der Waals surface area contributed by atoms with Crippen LogP contribution in [-0.4, -0.2) is 28.5 Å². The van der Waals surface area contributed by atoms with E-state index >= 15 is 0 Å². The summed E-state index contributed by atoms with van der Waals surface area (Å²) in [5.41, 5.74) is 2.24. The summed E-state index contributed by atoms with van der Waals surface area (Å²) in [6, 6.07) is 9.25. The minimum Gasteiger partial charge on any atom is -0.508 e. The second-order valence-electron chi connectivity index (χ2n) is 7.64. The van der Waals surface area contributed by atoms with Gasteiger partial charge in [-0.3, -0.25) is 0 Å². The molecule has 25 heavy (non-hydrogen) atoms. The molecule has 0 amide bonds. The van der Waals surface area contributed by atoms with Crippen LogP contribution in [0.1, 0.15) is 42.6 Å². The van der Waals surface area contributed by atoms with Crippen LogP contribution in [0.5, 0.6) is 23.0 Å². The monoisotopic (exact) mass is 340 g/mol. The van der Waals surface area contributed by atoms with Crippen molar-refractivity contribution in [1.29, 1.82) is 0 Å². The van der Waals surface area contributed by atoms with Crippen LogP contribution in [0.3, 0.4) is 0 Å². The average molecular weight is 340 g/mol. The summed E-state index contributed by atoms with van der Waals surface area (Å²) in [5.74, 6) is 2.59. The quantitative estimate of drug-likeness (QED) is 0.835. The number of phenolic OH excluding ortho intramolecular Hbond substituents is 1. The van der Waals surface area contributed by atoms with E-state index in [-0.39, 0.29) is 23.9 Å². The Hall–Kier alpha value is -2.40. The van der Waals surface area contributed by atoms with Crippen LogP contribution in [0, 0.1) is 0 Å². The second-order valence-corrected chi connectivity index (χ2v) is 7.64. The van der Waals surface area contributed by atoms with Crippen molar-refractivity contribution in [3.8, 4) is 23.0 Å². The van der Waals surface area contributed by atoms with E-state index in [0.29, 0.717) is 13.0 Å². The molecule has 130 valence electrons. The van der Waals surface area contributed by atoms with Gasteiger partial charge in [-0.25, -0.2) is 0 Å². The topological polar surface area (TPSA) is 68.2 Å². The largest absolute Gasteiger partial charge is 0.508 e. The minimum atomic E-state index is -0.902. The van der Waals surface area contributed by atoms with Crippen molar-refractivity contribution in [2.45, 2.75) is 44.0 Å². The molecular weight excluding hydrogens is 320 g/mol. The van der Waals surface area contributed by atoms with Gasteiger partial charge in [-0.05, 0) is 31.5 Å². The van der Waals surface area contributed by atoms with Crippen LogP contribution in [-0.2, 0) is 6.42 Å². The lowest BCUT2D eigenvalue weighted by Gasteiger charge is -2.28. The number of aromatic hydroxyl groups is 1. The van der Waals surface area contributed by atoms with E-state index in [0.717, 1.165) is 33.9 Å². The molecule has 3 heterocycles. The molecule has 0 saturated carbocycles. The van der Waals surface area contributed by atoms with Gasteiger partial charge in [0.25, 0.3) is 0 Å². The molecule has 2 N–H and O–H groups in total. The zero-order chi connectivity index (χ0) is 17.3. The van der Waals surface area contributed by atoms with Gasteiger partial charge in [0.2, 0.25) is 0 Å². The summed E-state index contributed by atoms with van der Waals surface area (Å²) in [6.07, 6.45) is 0.282. The number of hydrogen-bond acceptors (Lipinski definition) is 5. The summed E-state index contributed by atoms with van der Waals surface area (Å²) in [4.78, 5) is 0. The lowest BCUT2D eigenvalue weighted by molar-refractivity contribution is -0.0230. The minimum absolute atomic E-state index is 0.118. The Morgan fingerprint density at radius 2 is 1.84 bits per heavy atom. The molecule has 0 spiro atoms. The first kappa shape index (κ1) is 14.9. The Kier molecular flexibility index (Phi) is 2.87. The molecule has 0 radical (unpaired) electrons. The Morgan fingerprint density at radius 1 is 1.00 bits per heavy atom. The van der Waals surface area contributed by atoms with Crippen molar-refractivity contribution in [3.63, 3.8) is 0 Å². The molecule has 1 unspecified atom stereocenters. The van der Waals surface area contributed by atoms with Crippen LogP contribution < -0.4 is 14.2 Å². The summed E-state index contributed by atoms with van der Waals surface area (Å²) in [5, 5.41) is 20.0. The van der Waals surface area contributed by atoms with Gasteiger partial charge in [-0.1, -0.05) is 6.07 Å². The predicted molar refractivity (Wildman–Crippen MR) is 90.6 cm³/mol. The molecule has 0 aliphatic carbocycles. The standard InChI is InChI=1S/C20H20O5/c1-20(2,22)18-6-10-5-13-16(8-15(10)24-18)23-9-14-12-4-3-11(21)7-17(12)25-19(13)14/h3-5,7-8,14,18-19,21-22H,6,9H2,1-2H3/t14-,18?,19-/m0/s1. The first-order valence-electron chi connectivity index (χ1n) is 8.58. The van der Waals surface area contributed by atoms with E-state index in [2.05, 4.69) is 6.07 Å². The average Bonchev–Trinajstić information content (AvgIpc) is 3.12. The van der Waals surface area contributed by atoms with Gasteiger partial charge in [-0.2, -0.15) is 0 Å². The van der Waals surface area contributed by atoms with Crippen molar-refractivity contribution < 1.29 is 24.4 Å². The van der Waals surface area contributed by atoms with Gasteiger partial charge in [0.05, 0.1) is 18.1 Å². The van der Waals surface area contributed by atoms with Crippen molar-refractivity contribution in [2.75, 3.05) is 6.61 Å². The lowest BCUT2D eigenvalue weighted by Crippen LogP contribution is -2.39. The summed E-state index contributed by atoms with van der Waals surface area (Å²) in [7, 11) is 0. The maximum absolute atomic E-state index is 10.2. The van der Waals surface area contributed by atoms with Crippen LogP contribution >= 0.6 is 0 Å². The van der Waals surface area contributed by atoms with Gasteiger partial charge < -0.3 is 24.4 Å². The molecule has 0 fully saturated rings. The van der Waals surface area contributed by atoms with Crippen LogP contribution in [0.25, 0.3) is 0 Å². The maximum Gasteiger partial charge on any atom is 0.138 e. The Bertz CT molecular complexity index is 867. The van der Waals surface area contributed by atoms with E-state index in [9.17, 15) is 10.2 Å². The summed E-state index contributed by atoms with van der Waals surface area (Å²) in [6.45, 7) is 4.06. The fourth-order valence-electron chi connectivity index (χ4n) is 3.98. The smallest absolute Gasteiger partial charge is 0.138 e. The van der Waals surface area contributed by atoms with Gasteiger partial charge in [0.1, 0.15) is 35.2 Å². The number of fused-ring (bicyclic) bond motifs is 6. The zero-order valence-corrected chi connectivity index (χ0v) is 14.2. The Balaban J connectivity index is 1.53. The van der Waals surface area contributed by atoms with E-state index < -0.39 is 5.60 Å². The van der Waals surface area contributed by atoms with E-state index in [1.165, 1.54) is 0 Å². The van der Waals surface area contributed by atoms with E-state index in [1.54, 1.807) is 26.0 Å². The van der Waals surface area contributed by atoms with Crippen LogP contribution in [0.4, 0.5) is 0 Å². The number of ether oxygens (including phenoxy) is 3. The van der Waals surface area contributed by atoms with Gasteiger partial charge in [0, 0.05) is 29.7 Å². The first-order chi connectivity index (χ1) is 11.9. The molecule has 3 atom stereocenters. The highest BCUT2D eigenvalue weighted by Crippen LogP contribution is 2.53. The molecule has 0 bridgehead atoms. The number of benzene rings is 2. The highest BCUT2D eigenvalue weighted by atomic mass is 16.5. The molecule has 5 heteroatoms. The first-order valence-corrected chi connectivity index (χ1v) is 8.58. The molecule has 3 aliphatic heterocycles. The molecule has 2 aromatic carbocycles. The van der Waals surface area contributed by atoms with E-state index in [4.69, 9.17) is 14.2 Å². The maximum atomic E-state index is 10.2. The molecule has 5 nitrogen and oxygen atoms in total. The predicted octanol–water partition coefficient (Wildman–Crippen LogP) is 3.08. The second kappa shape index (κ2) is 4.82. The third-order valence-corrected chi connectivity index (χ3v) is 5.40. The fraction of sp³-hybridized carbons (Fsp3) is 0.400. The Labute approximate surface area is 145 Å². The molecular formula is C20H20O5. The van der Waals surface area contributed by atoms with Crippen molar-refractivity contribution in [3.05, 3.63) is 47.0 Å². The molecule has 3 aliphatic rings. The van der Waals surface area contributed by atoms with Crippen molar-refractivity contribution >= 4 is 0 Å². The zero-order valence-electron chi connectivity index (χ0n) is 14.2. The number of rotatable bonds is 1. The number of hydrogen-bond donors (Lipinski definition) is 2. The Morgan fingerprint density at radius 3 is 2.64 bits per heavy atom. The van der Waals surface area contributed by atoms with Crippen LogP contribution in [0.15, 0.2) is 30.3 Å². The molecule has 5 rings (SSSR count). The fourth-order valence-corrected chi connectivity index (χ4v) is 3.98. The molecule has 2 aromatic rings. The highest BCUT2D eigenvalue weighted by molar-refractivity contribution is 5.55. The third-order valence-electron chi connectivity index (χ3n) is 5.40. The number of aliphatic hydroxyl groups is 1. The van der Waals surface area contributed by atoms with Crippen molar-refractivity contribution in [2.24, 2.45) is 0 Å². The number of phenols is 1. The highest BCUT2D eigenvalue weighted by Gasteiger charge is 2.43. The lowest BCUT2D eigenvalue weighted by atomic mass is 9.88. The normalized spacial score (nSPS) is 25.8. The molecule has 0 saturated heterocycles. The van der Waals surface area contributed by atoms with Crippen molar-refractivity contribution in [1.82, 2.24) is 0 Å². The van der Waals surface area contributed by atoms with E-state index in [1.807, 2.05) is 12.1 Å². The van der Waals surface area contributed by atoms with Crippen LogP contribution in [0.2, 0.25) is 0 Å². The third kappa shape index (κ3) is 2.19. The SMILES string of the molecule is CC(C)(O)C1Cc2cc3c(cc2O1)OC[C@H]1c2ccc(O)cc2O[C@@H]31.